The van der Waals surface area contributed by atoms with Gasteiger partial charge in [0.2, 0.25) is 5.91 Å². The molecule has 9 nitrogen and oxygen atoms in total. The molecular weight excluding hydrogens is 412 g/mol. The molecule has 1 amide bonds. The molecule has 0 aromatic carbocycles. The van der Waals surface area contributed by atoms with Crippen molar-refractivity contribution in [2.75, 3.05) is 12.4 Å². The fourth-order valence-electron chi connectivity index (χ4n) is 3.68. The molecule has 3 rings (SSSR count). The molecule has 1 aliphatic heterocycles. The number of nitriles is 1. The highest BCUT2D eigenvalue weighted by molar-refractivity contribution is 7.87. The van der Waals surface area contributed by atoms with Crippen LogP contribution in [0.2, 0.25) is 0 Å². The Labute approximate surface area is 174 Å². The Hall–Kier alpha value is -2.26. The van der Waals surface area contributed by atoms with Crippen LogP contribution in [0.25, 0.3) is 0 Å². The molecule has 1 fully saturated rings. The van der Waals surface area contributed by atoms with E-state index in [4.69, 9.17) is 0 Å². The predicted molar refractivity (Wildman–Crippen MR) is 111 cm³/mol. The molecule has 29 heavy (non-hydrogen) atoms. The van der Waals surface area contributed by atoms with Crippen LogP contribution in [0.15, 0.2) is 6.20 Å². The molecule has 0 saturated carbocycles. The first-order chi connectivity index (χ1) is 13.6. The van der Waals surface area contributed by atoms with E-state index in [1.807, 2.05) is 13.8 Å². The quantitative estimate of drug-likeness (QED) is 0.757. The summed E-state index contributed by atoms with van der Waals surface area (Å²) < 4.78 is 30.6. The summed E-state index contributed by atoms with van der Waals surface area (Å²) in [6, 6.07) is 0.682. The first-order valence-electron chi connectivity index (χ1n) is 9.17. The van der Waals surface area contributed by atoms with Gasteiger partial charge in [0.1, 0.15) is 17.1 Å². The van der Waals surface area contributed by atoms with Crippen molar-refractivity contribution in [3.63, 3.8) is 0 Å². The molecule has 1 aliphatic rings. The van der Waals surface area contributed by atoms with Crippen molar-refractivity contribution in [2.45, 2.75) is 45.7 Å². The third-order valence-corrected chi connectivity index (χ3v) is 7.87. The number of nitrogens with zero attached hydrogens (tertiary/aromatic N) is 4. The lowest BCUT2D eigenvalue weighted by molar-refractivity contribution is -0.120. The average molecular weight is 437 g/mol. The fraction of sp³-hybridized carbons (Fsp3) is 0.500. The molecule has 1 saturated heterocycles. The summed E-state index contributed by atoms with van der Waals surface area (Å²) in [5.74, 6) is -0.454. The summed E-state index contributed by atoms with van der Waals surface area (Å²) in [5.41, 5.74) is 2.79. The van der Waals surface area contributed by atoms with Gasteiger partial charge in [-0.3, -0.25) is 9.48 Å². The second kappa shape index (κ2) is 7.87. The minimum absolute atomic E-state index is 0.251. The maximum atomic E-state index is 13.0. The first-order valence-corrected chi connectivity index (χ1v) is 11.4. The van der Waals surface area contributed by atoms with Crippen LogP contribution in [0, 0.1) is 25.2 Å². The Morgan fingerprint density at radius 2 is 2.14 bits per heavy atom. The van der Waals surface area contributed by atoms with Crippen LogP contribution < -0.4 is 10.0 Å². The van der Waals surface area contributed by atoms with E-state index in [-0.39, 0.29) is 6.42 Å². The third-order valence-electron chi connectivity index (χ3n) is 5.21. The zero-order valence-electron chi connectivity index (χ0n) is 17.0. The summed E-state index contributed by atoms with van der Waals surface area (Å²) in [6.45, 7) is 5.66. The van der Waals surface area contributed by atoms with Gasteiger partial charge in [0, 0.05) is 30.7 Å². The number of thiophene rings is 1. The highest BCUT2D eigenvalue weighted by Gasteiger charge is 2.41. The normalized spacial score (nSPS) is 21.7. The molecule has 2 aromatic heterocycles. The number of carbonyl (C=O) groups is 1. The average Bonchev–Trinajstić information content (AvgIpc) is 3.14. The van der Waals surface area contributed by atoms with Crippen molar-refractivity contribution in [1.82, 2.24) is 18.8 Å². The lowest BCUT2D eigenvalue weighted by atomic mass is 10.00. The number of hydrogen-bond donors (Lipinski definition) is 2. The highest BCUT2D eigenvalue weighted by Crippen LogP contribution is 2.34. The summed E-state index contributed by atoms with van der Waals surface area (Å²) in [5, 5.41) is 17.0. The van der Waals surface area contributed by atoms with Crippen molar-refractivity contribution in [3.05, 3.63) is 33.5 Å². The van der Waals surface area contributed by atoms with Gasteiger partial charge in [0.05, 0.1) is 17.3 Å². The molecule has 0 unspecified atom stereocenters. The predicted octanol–water partition coefficient (Wildman–Crippen LogP) is 1.75. The number of aryl methyl sites for hydroxylation is 3. The maximum absolute atomic E-state index is 13.0. The fourth-order valence-corrected chi connectivity index (χ4v) is 6.04. The van der Waals surface area contributed by atoms with Gasteiger partial charge >= 0.3 is 0 Å². The van der Waals surface area contributed by atoms with Crippen LogP contribution in [0.1, 0.15) is 46.6 Å². The standard InChI is InChI=1S/C18H24N6O3S2/c1-6-12-11(3)28-18(13(12)8-19)20-17(25)16-7-15(22-29(26,27)24(16)5)14-9-23(4)21-10(14)2/h9,15-16,22H,6-7H2,1-5H3,(H,20,25)/t15-,16+/m0/s1. The molecule has 0 aliphatic carbocycles. The molecular formula is C18H24N6O3S2. The van der Waals surface area contributed by atoms with Crippen LogP contribution >= 0.6 is 11.3 Å². The molecule has 2 aromatic rings. The van der Waals surface area contributed by atoms with Crippen LogP contribution in [0.3, 0.4) is 0 Å². The van der Waals surface area contributed by atoms with E-state index in [0.717, 1.165) is 20.3 Å². The summed E-state index contributed by atoms with van der Waals surface area (Å²) >= 11 is 1.34. The zero-order valence-corrected chi connectivity index (χ0v) is 18.6. The number of rotatable bonds is 4. The van der Waals surface area contributed by atoms with Crippen LogP contribution in [0.4, 0.5) is 5.00 Å². The lowest BCUT2D eigenvalue weighted by Crippen LogP contribution is -2.56. The van der Waals surface area contributed by atoms with E-state index in [2.05, 4.69) is 21.2 Å². The molecule has 2 N–H and O–H groups in total. The Bertz CT molecular complexity index is 1100. The van der Waals surface area contributed by atoms with Gasteiger partial charge < -0.3 is 5.32 Å². The van der Waals surface area contributed by atoms with Crippen molar-refractivity contribution in [2.24, 2.45) is 7.05 Å². The van der Waals surface area contributed by atoms with E-state index >= 15 is 0 Å². The number of likely N-dealkylation sites (N-methyl/N-ethyl adjacent to an activating group) is 1. The van der Waals surface area contributed by atoms with E-state index in [1.165, 1.54) is 18.4 Å². The lowest BCUT2D eigenvalue weighted by Gasteiger charge is -2.35. The second-order valence-electron chi connectivity index (χ2n) is 7.08. The van der Waals surface area contributed by atoms with Gasteiger partial charge in [0.25, 0.3) is 10.2 Å². The van der Waals surface area contributed by atoms with Gasteiger partial charge in [-0.05, 0) is 32.3 Å². The number of hydrogen-bond acceptors (Lipinski definition) is 6. The Kier molecular flexibility index (Phi) is 5.82. The van der Waals surface area contributed by atoms with Gasteiger partial charge in [-0.2, -0.15) is 27.8 Å². The topological polar surface area (TPSA) is 120 Å². The summed E-state index contributed by atoms with van der Waals surface area (Å²) in [7, 11) is -0.714. The SMILES string of the molecule is CCc1c(C)sc(NC(=O)[C@H]2C[C@@H](c3cn(C)nc3C)NS(=O)(=O)N2C)c1C#N. The minimum atomic E-state index is -3.85. The monoisotopic (exact) mass is 436 g/mol. The van der Waals surface area contributed by atoms with E-state index in [0.29, 0.717) is 22.7 Å². The Morgan fingerprint density at radius 1 is 1.45 bits per heavy atom. The van der Waals surface area contributed by atoms with E-state index in [1.54, 1.807) is 24.9 Å². The van der Waals surface area contributed by atoms with Crippen molar-refractivity contribution >= 4 is 32.5 Å². The molecule has 11 heteroatoms. The van der Waals surface area contributed by atoms with Crippen LogP contribution in [0.5, 0.6) is 0 Å². The van der Waals surface area contributed by atoms with Gasteiger partial charge in [0.15, 0.2) is 0 Å². The molecule has 3 heterocycles. The van der Waals surface area contributed by atoms with Crippen molar-refractivity contribution in [3.8, 4) is 6.07 Å². The maximum Gasteiger partial charge on any atom is 0.280 e. The largest absolute Gasteiger partial charge is 0.315 e. The summed E-state index contributed by atoms with van der Waals surface area (Å²) in [6.07, 6.45) is 2.69. The molecule has 0 spiro atoms. The van der Waals surface area contributed by atoms with E-state index < -0.39 is 28.2 Å². The zero-order chi connectivity index (χ0) is 21.5. The number of anilines is 1. The van der Waals surface area contributed by atoms with Crippen LogP contribution in [-0.2, 0) is 28.5 Å². The van der Waals surface area contributed by atoms with E-state index in [9.17, 15) is 18.5 Å². The molecule has 2 atom stereocenters. The number of amides is 1. The number of aromatic nitrogens is 2. The van der Waals surface area contributed by atoms with Gasteiger partial charge in [-0.15, -0.1) is 11.3 Å². The van der Waals surface area contributed by atoms with Crippen molar-refractivity contribution in [1.29, 1.82) is 5.26 Å². The van der Waals surface area contributed by atoms with Crippen molar-refractivity contribution < 1.29 is 13.2 Å². The van der Waals surface area contributed by atoms with Crippen LogP contribution in [-0.4, -0.2) is 41.5 Å². The Balaban J connectivity index is 1.91. The first kappa shape index (κ1) is 21.4. The number of nitrogens with one attached hydrogen (secondary N) is 2. The molecule has 0 radical (unpaired) electrons. The molecule has 0 bridgehead atoms. The summed E-state index contributed by atoms with van der Waals surface area (Å²) in [4.78, 5) is 14.0. The van der Waals surface area contributed by atoms with Gasteiger partial charge in [-0.1, -0.05) is 6.92 Å². The smallest absolute Gasteiger partial charge is 0.280 e. The number of carbonyl (C=O) groups excluding carboxylic acids is 1. The molecule has 156 valence electrons. The third kappa shape index (κ3) is 3.93. The van der Waals surface area contributed by atoms with Gasteiger partial charge in [-0.25, -0.2) is 0 Å². The minimum Gasteiger partial charge on any atom is -0.315 e. The highest BCUT2D eigenvalue weighted by atomic mass is 32.2. The Morgan fingerprint density at radius 3 is 2.69 bits per heavy atom. The second-order valence-corrected chi connectivity index (χ2v) is 10.1.